The summed E-state index contributed by atoms with van der Waals surface area (Å²) in [6, 6.07) is 17.5. The molecular formula is C17H16N2O. The number of anilines is 1. The van der Waals surface area contributed by atoms with Gasteiger partial charge in [0.2, 0.25) is 5.91 Å². The summed E-state index contributed by atoms with van der Waals surface area (Å²) in [6.07, 6.45) is 5.41. The number of primary amides is 1. The summed E-state index contributed by atoms with van der Waals surface area (Å²) in [5.41, 5.74) is 8.12. The zero-order chi connectivity index (χ0) is 14.4. The molecule has 2 rings (SSSR count). The molecule has 100 valence electrons. The maximum Gasteiger partial charge on any atom is 0.236 e. The van der Waals surface area contributed by atoms with E-state index >= 15 is 0 Å². The molecule has 0 aliphatic carbocycles. The molecule has 20 heavy (non-hydrogen) atoms. The molecule has 2 aromatic rings. The van der Waals surface area contributed by atoms with Gasteiger partial charge in [0.25, 0.3) is 0 Å². The van der Waals surface area contributed by atoms with Crippen molar-refractivity contribution in [2.24, 2.45) is 5.73 Å². The average Bonchev–Trinajstić information content (AvgIpc) is 2.47. The fraction of sp³-hybridized carbons (Fsp3) is 0.118. The highest BCUT2D eigenvalue weighted by molar-refractivity contribution is 5.79. The van der Waals surface area contributed by atoms with Gasteiger partial charge < -0.3 is 10.6 Å². The van der Waals surface area contributed by atoms with Gasteiger partial charge in [0.1, 0.15) is 0 Å². The van der Waals surface area contributed by atoms with Crippen LogP contribution in [0.4, 0.5) is 5.69 Å². The zero-order valence-corrected chi connectivity index (χ0v) is 11.1. The first kappa shape index (κ1) is 13.7. The first-order valence-electron chi connectivity index (χ1n) is 6.33. The van der Waals surface area contributed by atoms with Crippen molar-refractivity contribution in [3.8, 4) is 12.3 Å². The number of rotatable bonds is 5. The number of benzene rings is 2. The van der Waals surface area contributed by atoms with Gasteiger partial charge in [-0.1, -0.05) is 42.3 Å². The van der Waals surface area contributed by atoms with E-state index in [1.165, 1.54) is 0 Å². The normalized spacial score (nSPS) is 9.75. The maximum atomic E-state index is 11.3. The number of carbonyl (C=O) groups excluding carboxylic acids is 1. The number of nitrogens with two attached hydrogens (primary N) is 1. The molecule has 1 amide bonds. The Bertz CT molecular complexity index is 629. The molecular weight excluding hydrogens is 248 g/mol. The second kappa shape index (κ2) is 6.44. The minimum atomic E-state index is -0.368. The Morgan fingerprint density at radius 2 is 1.90 bits per heavy atom. The monoisotopic (exact) mass is 264 g/mol. The molecule has 0 fully saturated rings. The van der Waals surface area contributed by atoms with Crippen molar-refractivity contribution < 1.29 is 4.79 Å². The standard InChI is InChI=1S/C17H16N2O/c1-2-14-9-6-10-16(11-14)19(13-17(18)20)12-15-7-4-3-5-8-15/h1,3-11H,12-13H2,(H2,18,20). The molecule has 0 heterocycles. The van der Waals surface area contributed by atoms with Gasteiger partial charge in [0, 0.05) is 17.8 Å². The lowest BCUT2D eigenvalue weighted by Gasteiger charge is -2.23. The second-order valence-corrected chi connectivity index (χ2v) is 4.50. The summed E-state index contributed by atoms with van der Waals surface area (Å²) in [7, 11) is 0. The SMILES string of the molecule is C#Cc1cccc(N(CC(N)=O)Cc2ccccc2)c1. The van der Waals surface area contributed by atoms with Gasteiger partial charge >= 0.3 is 0 Å². The van der Waals surface area contributed by atoms with E-state index in [0.29, 0.717) is 6.54 Å². The van der Waals surface area contributed by atoms with E-state index in [1.54, 1.807) is 0 Å². The Labute approximate surface area is 119 Å². The van der Waals surface area contributed by atoms with E-state index in [1.807, 2.05) is 59.5 Å². The third-order valence-corrected chi connectivity index (χ3v) is 2.94. The van der Waals surface area contributed by atoms with E-state index in [-0.39, 0.29) is 12.5 Å². The highest BCUT2D eigenvalue weighted by Crippen LogP contribution is 2.18. The van der Waals surface area contributed by atoms with Gasteiger partial charge in [-0.05, 0) is 23.8 Å². The molecule has 2 aromatic carbocycles. The summed E-state index contributed by atoms with van der Waals surface area (Å²) in [4.78, 5) is 13.2. The van der Waals surface area contributed by atoms with Crippen LogP contribution in [0.15, 0.2) is 54.6 Å². The molecule has 0 saturated heterocycles. The Kier molecular flexibility index (Phi) is 4.41. The molecule has 0 spiro atoms. The van der Waals surface area contributed by atoms with E-state index in [0.717, 1.165) is 16.8 Å². The molecule has 0 saturated carbocycles. The van der Waals surface area contributed by atoms with Crippen molar-refractivity contribution in [1.82, 2.24) is 0 Å². The molecule has 2 N–H and O–H groups in total. The minimum Gasteiger partial charge on any atom is -0.368 e. The number of carbonyl (C=O) groups is 1. The predicted octanol–water partition coefficient (Wildman–Crippen LogP) is 2.16. The quantitative estimate of drug-likeness (QED) is 0.841. The number of terminal acetylenes is 1. The molecule has 0 aliphatic heterocycles. The van der Waals surface area contributed by atoms with Crippen LogP contribution in [0.25, 0.3) is 0 Å². The van der Waals surface area contributed by atoms with Crippen LogP contribution in [0.3, 0.4) is 0 Å². The molecule has 0 unspecified atom stereocenters. The first-order valence-corrected chi connectivity index (χ1v) is 6.33. The van der Waals surface area contributed by atoms with E-state index in [9.17, 15) is 4.79 Å². The Morgan fingerprint density at radius 1 is 1.15 bits per heavy atom. The molecule has 3 nitrogen and oxygen atoms in total. The highest BCUT2D eigenvalue weighted by atomic mass is 16.1. The number of nitrogens with zero attached hydrogens (tertiary/aromatic N) is 1. The molecule has 0 bridgehead atoms. The first-order chi connectivity index (χ1) is 9.69. The molecule has 0 aliphatic rings. The lowest BCUT2D eigenvalue weighted by atomic mass is 10.1. The third kappa shape index (κ3) is 3.63. The van der Waals surface area contributed by atoms with E-state index in [2.05, 4.69) is 5.92 Å². The third-order valence-electron chi connectivity index (χ3n) is 2.94. The summed E-state index contributed by atoms with van der Waals surface area (Å²) in [6.45, 7) is 0.765. The van der Waals surface area contributed by atoms with Gasteiger partial charge in [0.05, 0.1) is 6.54 Å². The molecule has 0 atom stereocenters. The number of amides is 1. The Hall–Kier alpha value is -2.73. The Balaban J connectivity index is 2.27. The summed E-state index contributed by atoms with van der Waals surface area (Å²) >= 11 is 0. The predicted molar refractivity (Wildman–Crippen MR) is 81.1 cm³/mol. The van der Waals surface area contributed by atoms with Crippen LogP contribution >= 0.6 is 0 Å². The summed E-state index contributed by atoms with van der Waals surface area (Å²) in [5.74, 6) is 2.23. The smallest absolute Gasteiger partial charge is 0.236 e. The number of hydrogen-bond donors (Lipinski definition) is 1. The van der Waals surface area contributed by atoms with Crippen LogP contribution in [-0.4, -0.2) is 12.5 Å². The van der Waals surface area contributed by atoms with Crippen molar-refractivity contribution in [2.45, 2.75) is 6.54 Å². The topological polar surface area (TPSA) is 46.3 Å². The molecule has 0 aromatic heterocycles. The van der Waals surface area contributed by atoms with Crippen LogP contribution in [0.5, 0.6) is 0 Å². The van der Waals surface area contributed by atoms with Gasteiger partial charge in [-0.25, -0.2) is 0 Å². The van der Waals surface area contributed by atoms with Crippen molar-refractivity contribution in [3.63, 3.8) is 0 Å². The van der Waals surface area contributed by atoms with Gasteiger partial charge in [-0.15, -0.1) is 6.42 Å². The number of hydrogen-bond acceptors (Lipinski definition) is 2. The highest BCUT2D eigenvalue weighted by Gasteiger charge is 2.10. The van der Waals surface area contributed by atoms with Crippen LogP contribution in [-0.2, 0) is 11.3 Å². The lowest BCUT2D eigenvalue weighted by molar-refractivity contribution is -0.116. The van der Waals surface area contributed by atoms with Crippen LogP contribution < -0.4 is 10.6 Å². The van der Waals surface area contributed by atoms with Crippen LogP contribution in [0.2, 0.25) is 0 Å². The van der Waals surface area contributed by atoms with Gasteiger partial charge in [-0.2, -0.15) is 0 Å². The summed E-state index contributed by atoms with van der Waals surface area (Å²) in [5, 5.41) is 0. The fourth-order valence-corrected chi connectivity index (χ4v) is 2.02. The van der Waals surface area contributed by atoms with Gasteiger partial charge in [-0.3, -0.25) is 4.79 Å². The van der Waals surface area contributed by atoms with Crippen molar-refractivity contribution in [3.05, 3.63) is 65.7 Å². The molecule has 0 radical (unpaired) electrons. The van der Waals surface area contributed by atoms with Crippen LogP contribution in [0, 0.1) is 12.3 Å². The molecule has 3 heteroatoms. The fourth-order valence-electron chi connectivity index (χ4n) is 2.02. The van der Waals surface area contributed by atoms with Crippen LogP contribution in [0.1, 0.15) is 11.1 Å². The minimum absolute atomic E-state index is 0.156. The Morgan fingerprint density at radius 3 is 2.55 bits per heavy atom. The zero-order valence-electron chi connectivity index (χ0n) is 11.1. The second-order valence-electron chi connectivity index (χ2n) is 4.50. The average molecular weight is 264 g/mol. The summed E-state index contributed by atoms with van der Waals surface area (Å²) < 4.78 is 0. The maximum absolute atomic E-state index is 11.3. The largest absolute Gasteiger partial charge is 0.368 e. The van der Waals surface area contributed by atoms with Crippen molar-refractivity contribution >= 4 is 11.6 Å². The van der Waals surface area contributed by atoms with E-state index < -0.39 is 0 Å². The van der Waals surface area contributed by atoms with Crippen molar-refractivity contribution in [2.75, 3.05) is 11.4 Å². The lowest BCUT2D eigenvalue weighted by Crippen LogP contribution is -2.33. The van der Waals surface area contributed by atoms with Crippen molar-refractivity contribution in [1.29, 1.82) is 0 Å². The van der Waals surface area contributed by atoms with E-state index in [4.69, 9.17) is 12.2 Å². The van der Waals surface area contributed by atoms with Gasteiger partial charge in [0.15, 0.2) is 0 Å².